The second kappa shape index (κ2) is 8.45. The van der Waals surface area contributed by atoms with Crippen LogP contribution in [0.4, 0.5) is 10.3 Å². The maximum atomic E-state index is 14.2. The highest BCUT2D eigenvalue weighted by Crippen LogP contribution is 2.23. The molecule has 3 aromatic rings. The molecule has 1 atom stereocenters. The summed E-state index contributed by atoms with van der Waals surface area (Å²) >= 11 is 0. The van der Waals surface area contributed by atoms with Gasteiger partial charge >= 0.3 is 0 Å². The SMILES string of the molecule is Cl.Cn1c(N2CCNC(c3ccccc3F)C2)nc(-c2ccncn2)cc1=O. The second-order valence-electron chi connectivity index (χ2n) is 6.41. The van der Waals surface area contributed by atoms with E-state index in [4.69, 9.17) is 0 Å². The number of halogens is 2. The van der Waals surface area contributed by atoms with Gasteiger partial charge in [-0.1, -0.05) is 18.2 Å². The van der Waals surface area contributed by atoms with Gasteiger partial charge in [0.25, 0.3) is 5.56 Å². The van der Waals surface area contributed by atoms with Crippen molar-refractivity contribution in [3.05, 3.63) is 70.7 Å². The third-order valence-corrected chi connectivity index (χ3v) is 4.69. The lowest BCUT2D eigenvalue weighted by Gasteiger charge is -2.35. The fourth-order valence-corrected chi connectivity index (χ4v) is 3.28. The lowest BCUT2D eigenvalue weighted by atomic mass is 10.0. The summed E-state index contributed by atoms with van der Waals surface area (Å²) in [5.41, 5.74) is 1.52. The standard InChI is InChI=1S/C19H19FN6O.ClH/c1-25-18(27)10-16(15-6-7-21-12-23-15)24-19(25)26-9-8-22-17(11-26)13-4-2-3-5-14(13)20;/h2-7,10,12,17,22H,8-9,11H2,1H3;1H. The lowest BCUT2D eigenvalue weighted by molar-refractivity contribution is 0.445. The van der Waals surface area contributed by atoms with E-state index >= 15 is 0 Å². The Bertz CT molecular complexity index is 1010. The Morgan fingerprint density at radius 2 is 2.04 bits per heavy atom. The summed E-state index contributed by atoms with van der Waals surface area (Å²) in [6, 6.07) is 9.73. The van der Waals surface area contributed by atoms with E-state index in [0.717, 1.165) is 0 Å². The van der Waals surface area contributed by atoms with E-state index in [1.165, 1.54) is 23.0 Å². The van der Waals surface area contributed by atoms with E-state index < -0.39 is 0 Å². The Hall–Kier alpha value is -2.84. The Morgan fingerprint density at radius 1 is 1.21 bits per heavy atom. The number of anilines is 1. The predicted octanol–water partition coefficient (Wildman–Crippen LogP) is 1.95. The summed E-state index contributed by atoms with van der Waals surface area (Å²) in [6.45, 7) is 1.83. The highest BCUT2D eigenvalue weighted by molar-refractivity contribution is 5.85. The third-order valence-electron chi connectivity index (χ3n) is 4.69. The molecule has 1 aromatic carbocycles. The molecule has 1 aliphatic heterocycles. The van der Waals surface area contributed by atoms with Gasteiger partial charge in [-0.3, -0.25) is 9.36 Å². The Balaban J connectivity index is 0.00000225. The van der Waals surface area contributed by atoms with Crippen molar-refractivity contribution in [2.45, 2.75) is 6.04 Å². The van der Waals surface area contributed by atoms with Gasteiger partial charge in [0.2, 0.25) is 5.95 Å². The molecule has 1 N–H and O–H groups in total. The number of hydrogen-bond acceptors (Lipinski definition) is 6. The van der Waals surface area contributed by atoms with E-state index in [1.807, 2.05) is 11.0 Å². The van der Waals surface area contributed by atoms with Crippen molar-refractivity contribution in [1.29, 1.82) is 0 Å². The number of rotatable bonds is 3. The first-order valence-electron chi connectivity index (χ1n) is 8.70. The molecule has 4 rings (SSSR count). The minimum atomic E-state index is -0.242. The first-order chi connectivity index (χ1) is 13.1. The maximum absolute atomic E-state index is 14.2. The number of nitrogens with zero attached hydrogens (tertiary/aromatic N) is 5. The zero-order valence-electron chi connectivity index (χ0n) is 15.2. The van der Waals surface area contributed by atoms with Gasteiger partial charge in [0.1, 0.15) is 12.1 Å². The number of benzene rings is 1. The fraction of sp³-hybridized carbons (Fsp3) is 0.263. The molecular weight excluding hydrogens is 383 g/mol. The molecule has 0 spiro atoms. The van der Waals surface area contributed by atoms with E-state index in [1.54, 1.807) is 31.4 Å². The Morgan fingerprint density at radius 3 is 2.79 bits per heavy atom. The van der Waals surface area contributed by atoms with Crippen LogP contribution in [0.2, 0.25) is 0 Å². The topological polar surface area (TPSA) is 75.9 Å². The Kier molecular flexibility index (Phi) is 6.01. The normalized spacial score (nSPS) is 16.5. The van der Waals surface area contributed by atoms with Gasteiger partial charge in [0, 0.05) is 44.5 Å². The maximum Gasteiger partial charge on any atom is 0.255 e. The van der Waals surface area contributed by atoms with Gasteiger partial charge in [-0.15, -0.1) is 12.4 Å². The molecule has 0 bridgehead atoms. The minimum absolute atomic E-state index is 0. The molecule has 0 aliphatic carbocycles. The zero-order valence-corrected chi connectivity index (χ0v) is 16.1. The second-order valence-corrected chi connectivity index (χ2v) is 6.41. The molecule has 0 amide bonds. The third kappa shape index (κ3) is 3.88. The minimum Gasteiger partial charge on any atom is -0.339 e. The van der Waals surface area contributed by atoms with E-state index in [9.17, 15) is 9.18 Å². The molecule has 0 saturated carbocycles. The van der Waals surface area contributed by atoms with Crippen LogP contribution >= 0.6 is 12.4 Å². The zero-order chi connectivity index (χ0) is 18.8. The highest BCUT2D eigenvalue weighted by atomic mass is 35.5. The predicted molar refractivity (Wildman–Crippen MR) is 107 cm³/mol. The largest absolute Gasteiger partial charge is 0.339 e. The van der Waals surface area contributed by atoms with Crippen LogP contribution in [0.1, 0.15) is 11.6 Å². The van der Waals surface area contributed by atoms with Crippen LogP contribution in [0.3, 0.4) is 0 Å². The monoisotopic (exact) mass is 402 g/mol. The van der Waals surface area contributed by atoms with Crippen molar-refractivity contribution >= 4 is 18.4 Å². The van der Waals surface area contributed by atoms with Gasteiger partial charge in [-0.25, -0.2) is 19.3 Å². The van der Waals surface area contributed by atoms with Crippen LogP contribution in [0.25, 0.3) is 11.4 Å². The lowest BCUT2D eigenvalue weighted by Crippen LogP contribution is -2.48. The summed E-state index contributed by atoms with van der Waals surface area (Å²) in [4.78, 5) is 27.2. The van der Waals surface area contributed by atoms with Crippen molar-refractivity contribution in [1.82, 2.24) is 24.8 Å². The molecular formula is C19H20ClFN6O. The molecule has 1 unspecified atom stereocenters. The van der Waals surface area contributed by atoms with Crippen LogP contribution in [0.15, 0.2) is 53.7 Å². The summed E-state index contributed by atoms with van der Waals surface area (Å²) in [5, 5.41) is 3.34. The van der Waals surface area contributed by atoms with Gasteiger partial charge in [0.15, 0.2) is 0 Å². The average molecular weight is 403 g/mol. The van der Waals surface area contributed by atoms with Crippen LogP contribution in [-0.4, -0.2) is 39.2 Å². The molecule has 1 saturated heterocycles. The average Bonchev–Trinajstić information content (AvgIpc) is 2.71. The van der Waals surface area contributed by atoms with Crippen LogP contribution < -0.4 is 15.8 Å². The molecule has 28 heavy (non-hydrogen) atoms. The molecule has 146 valence electrons. The first kappa shape index (κ1) is 19.9. The molecule has 3 heterocycles. The first-order valence-corrected chi connectivity index (χ1v) is 8.70. The molecule has 0 radical (unpaired) electrons. The van der Waals surface area contributed by atoms with Gasteiger partial charge < -0.3 is 10.2 Å². The molecule has 9 heteroatoms. The highest BCUT2D eigenvalue weighted by Gasteiger charge is 2.25. The van der Waals surface area contributed by atoms with E-state index in [0.29, 0.717) is 42.5 Å². The van der Waals surface area contributed by atoms with E-state index in [-0.39, 0.29) is 29.8 Å². The Labute approximate surface area is 167 Å². The van der Waals surface area contributed by atoms with Crippen LogP contribution in [0, 0.1) is 5.82 Å². The number of hydrogen-bond donors (Lipinski definition) is 1. The van der Waals surface area contributed by atoms with Crippen molar-refractivity contribution in [3.63, 3.8) is 0 Å². The van der Waals surface area contributed by atoms with Crippen molar-refractivity contribution in [2.75, 3.05) is 24.5 Å². The number of piperazine rings is 1. The number of nitrogens with one attached hydrogen (secondary N) is 1. The summed E-state index contributed by atoms with van der Waals surface area (Å²) < 4.78 is 15.7. The molecule has 1 fully saturated rings. The summed E-state index contributed by atoms with van der Waals surface area (Å²) in [5.74, 6) is 0.299. The smallest absolute Gasteiger partial charge is 0.255 e. The van der Waals surface area contributed by atoms with Crippen molar-refractivity contribution in [3.8, 4) is 11.4 Å². The fourth-order valence-electron chi connectivity index (χ4n) is 3.28. The quantitative estimate of drug-likeness (QED) is 0.721. The van der Waals surface area contributed by atoms with Gasteiger partial charge in [0.05, 0.1) is 17.4 Å². The molecule has 7 nitrogen and oxygen atoms in total. The van der Waals surface area contributed by atoms with Gasteiger partial charge in [-0.2, -0.15) is 0 Å². The summed E-state index contributed by atoms with van der Waals surface area (Å²) in [7, 11) is 1.69. The summed E-state index contributed by atoms with van der Waals surface area (Å²) in [6.07, 6.45) is 3.04. The van der Waals surface area contributed by atoms with E-state index in [2.05, 4.69) is 20.3 Å². The molecule has 2 aromatic heterocycles. The van der Waals surface area contributed by atoms with Crippen molar-refractivity contribution in [2.24, 2.45) is 7.05 Å². The van der Waals surface area contributed by atoms with Crippen LogP contribution in [-0.2, 0) is 7.05 Å². The number of aromatic nitrogens is 4. The van der Waals surface area contributed by atoms with Crippen LogP contribution in [0.5, 0.6) is 0 Å². The van der Waals surface area contributed by atoms with Gasteiger partial charge in [-0.05, 0) is 12.1 Å². The molecule has 1 aliphatic rings. The van der Waals surface area contributed by atoms with Crippen molar-refractivity contribution < 1.29 is 4.39 Å².